The number of hydrogen-bond donors (Lipinski definition) is 2. The maximum absolute atomic E-state index is 11.3. The summed E-state index contributed by atoms with van der Waals surface area (Å²) in [5.41, 5.74) is 6.71. The summed E-state index contributed by atoms with van der Waals surface area (Å²) in [5, 5.41) is 3.49. The number of pyridine rings is 1. The number of aromatic nitrogens is 1. The largest absolute Gasteiger partial charge is 0.367 e. The zero-order valence-electron chi connectivity index (χ0n) is 12.1. The molecule has 0 radical (unpaired) electrons. The summed E-state index contributed by atoms with van der Waals surface area (Å²) in [6.45, 7) is 5.24. The van der Waals surface area contributed by atoms with Crippen LogP contribution in [0.3, 0.4) is 0 Å². The zero-order valence-corrected chi connectivity index (χ0v) is 12.1. The number of nitrogens with one attached hydrogen (secondary N) is 1. The van der Waals surface area contributed by atoms with Gasteiger partial charge in [-0.25, -0.2) is 0 Å². The average Bonchev–Trinajstić information content (AvgIpc) is 2.48. The predicted octanol–water partition coefficient (Wildman–Crippen LogP) is 1.54. The van der Waals surface area contributed by atoms with E-state index in [2.05, 4.69) is 22.1 Å². The number of primary amides is 1. The van der Waals surface area contributed by atoms with Crippen LogP contribution in [0, 0.1) is 0 Å². The minimum Gasteiger partial charge on any atom is -0.367 e. The molecule has 0 aromatic carbocycles. The van der Waals surface area contributed by atoms with Crippen LogP contribution >= 0.6 is 0 Å². The van der Waals surface area contributed by atoms with Crippen LogP contribution in [-0.4, -0.2) is 36.6 Å². The third kappa shape index (κ3) is 3.70. The molecule has 1 unspecified atom stereocenters. The van der Waals surface area contributed by atoms with Crippen molar-refractivity contribution in [3.63, 3.8) is 0 Å². The van der Waals surface area contributed by atoms with Crippen LogP contribution < -0.4 is 16.0 Å². The van der Waals surface area contributed by atoms with Crippen LogP contribution in [0.2, 0.25) is 0 Å². The fourth-order valence-corrected chi connectivity index (χ4v) is 2.73. The van der Waals surface area contributed by atoms with Crippen molar-refractivity contribution in [2.75, 3.05) is 24.5 Å². The van der Waals surface area contributed by atoms with Crippen molar-refractivity contribution in [1.29, 1.82) is 0 Å². The van der Waals surface area contributed by atoms with Crippen molar-refractivity contribution in [3.05, 3.63) is 24.0 Å². The second-order valence-electron chi connectivity index (χ2n) is 5.31. The topological polar surface area (TPSA) is 71.2 Å². The lowest BCUT2D eigenvalue weighted by atomic mass is 10.0. The number of anilines is 1. The van der Waals surface area contributed by atoms with E-state index in [1.165, 1.54) is 19.3 Å². The molecular formula is C15H24N4O. The van der Waals surface area contributed by atoms with Crippen LogP contribution in [0.5, 0.6) is 0 Å². The van der Waals surface area contributed by atoms with Gasteiger partial charge in [0.15, 0.2) is 0 Å². The smallest absolute Gasteiger partial charge is 0.267 e. The Morgan fingerprint density at radius 3 is 3.15 bits per heavy atom. The van der Waals surface area contributed by atoms with Crippen molar-refractivity contribution in [2.45, 2.75) is 38.6 Å². The summed E-state index contributed by atoms with van der Waals surface area (Å²) in [4.78, 5) is 17.6. The first-order valence-corrected chi connectivity index (χ1v) is 7.45. The molecular weight excluding hydrogens is 252 g/mol. The van der Waals surface area contributed by atoms with E-state index in [1.54, 1.807) is 12.3 Å². The summed E-state index contributed by atoms with van der Waals surface area (Å²) >= 11 is 0. The molecule has 20 heavy (non-hydrogen) atoms. The first-order chi connectivity index (χ1) is 9.72. The lowest BCUT2D eigenvalue weighted by Gasteiger charge is -2.38. The second kappa shape index (κ2) is 7.24. The molecule has 0 aliphatic carbocycles. The van der Waals surface area contributed by atoms with Crippen molar-refractivity contribution in [3.8, 4) is 0 Å². The SMILES string of the molecule is CCCNCC1CCCCN1c1ccnc(C(N)=O)c1. The van der Waals surface area contributed by atoms with Crippen molar-refractivity contribution < 1.29 is 4.79 Å². The highest BCUT2D eigenvalue weighted by atomic mass is 16.1. The van der Waals surface area contributed by atoms with E-state index >= 15 is 0 Å². The van der Waals surface area contributed by atoms with Crippen molar-refractivity contribution >= 4 is 11.6 Å². The van der Waals surface area contributed by atoms with Gasteiger partial charge in [-0.2, -0.15) is 0 Å². The quantitative estimate of drug-likeness (QED) is 0.773. The van der Waals surface area contributed by atoms with Gasteiger partial charge in [0, 0.05) is 31.0 Å². The van der Waals surface area contributed by atoms with E-state index < -0.39 is 5.91 Å². The molecule has 1 aromatic heterocycles. The van der Waals surface area contributed by atoms with Gasteiger partial charge in [0.25, 0.3) is 5.91 Å². The number of carbonyl (C=O) groups excluding carboxylic acids is 1. The second-order valence-corrected chi connectivity index (χ2v) is 5.31. The van der Waals surface area contributed by atoms with Gasteiger partial charge in [-0.05, 0) is 44.4 Å². The molecule has 110 valence electrons. The highest BCUT2D eigenvalue weighted by Gasteiger charge is 2.22. The predicted molar refractivity (Wildman–Crippen MR) is 80.9 cm³/mol. The van der Waals surface area contributed by atoms with Gasteiger partial charge in [0.2, 0.25) is 0 Å². The van der Waals surface area contributed by atoms with Gasteiger partial charge < -0.3 is 16.0 Å². The Kier molecular flexibility index (Phi) is 5.35. The molecule has 2 heterocycles. The highest BCUT2D eigenvalue weighted by molar-refractivity contribution is 5.91. The summed E-state index contributed by atoms with van der Waals surface area (Å²) < 4.78 is 0. The highest BCUT2D eigenvalue weighted by Crippen LogP contribution is 2.24. The summed E-state index contributed by atoms with van der Waals surface area (Å²) in [6.07, 6.45) is 6.46. The molecule has 3 N–H and O–H groups in total. The van der Waals surface area contributed by atoms with E-state index in [-0.39, 0.29) is 0 Å². The lowest BCUT2D eigenvalue weighted by Crippen LogP contribution is -2.45. The molecule has 5 nitrogen and oxygen atoms in total. The Labute approximate surface area is 120 Å². The number of hydrogen-bond acceptors (Lipinski definition) is 4. The molecule has 1 amide bonds. The van der Waals surface area contributed by atoms with Gasteiger partial charge in [-0.3, -0.25) is 9.78 Å². The molecule has 0 saturated carbocycles. The van der Waals surface area contributed by atoms with Gasteiger partial charge in [-0.15, -0.1) is 0 Å². The number of nitrogens with zero attached hydrogens (tertiary/aromatic N) is 2. The Morgan fingerprint density at radius 2 is 2.40 bits per heavy atom. The third-order valence-corrected chi connectivity index (χ3v) is 3.76. The molecule has 1 aromatic rings. The van der Waals surface area contributed by atoms with Crippen LogP contribution in [0.25, 0.3) is 0 Å². The fraction of sp³-hybridized carbons (Fsp3) is 0.600. The van der Waals surface area contributed by atoms with Crippen molar-refractivity contribution in [2.24, 2.45) is 5.73 Å². The summed E-state index contributed by atoms with van der Waals surface area (Å²) in [6, 6.07) is 4.25. The maximum Gasteiger partial charge on any atom is 0.267 e. The molecule has 5 heteroatoms. The van der Waals surface area contributed by atoms with Gasteiger partial charge in [0.1, 0.15) is 5.69 Å². The van der Waals surface area contributed by atoms with E-state index in [1.807, 2.05) is 6.07 Å². The molecule has 1 fully saturated rings. The minimum absolute atomic E-state index is 0.341. The summed E-state index contributed by atoms with van der Waals surface area (Å²) in [5.74, 6) is -0.468. The molecule has 1 saturated heterocycles. The lowest BCUT2D eigenvalue weighted by molar-refractivity contribution is 0.0995. The average molecular weight is 276 g/mol. The van der Waals surface area contributed by atoms with E-state index in [0.29, 0.717) is 11.7 Å². The number of nitrogens with two attached hydrogens (primary N) is 1. The van der Waals surface area contributed by atoms with E-state index in [4.69, 9.17) is 5.73 Å². The molecule has 2 rings (SSSR count). The van der Waals surface area contributed by atoms with Crippen molar-refractivity contribution in [1.82, 2.24) is 10.3 Å². The molecule has 1 aliphatic rings. The molecule has 1 aliphatic heterocycles. The van der Waals surface area contributed by atoms with E-state index in [9.17, 15) is 4.79 Å². The Balaban J connectivity index is 2.10. The normalized spacial score (nSPS) is 19.1. The Bertz CT molecular complexity index is 449. The van der Waals surface area contributed by atoms with Gasteiger partial charge >= 0.3 is 0 Å². The van der Waals surface area contributed by atoms with Gasteiger partial charge in [-0.1, -0.05) is 6.92 Å². The fourth-order valence-electron chi connectivity index (χ4n) is 2.73. The van der Waals surface area contributed by atoms with Crippen LogP contribution in [0.1, 0.15) is 43.1 Å². The molecule has 1 atom stereocenters. The van der Waals surface area contributed by atoms with Crippen LogP contribution in [-0.2, 0) is 0 Å². The number of carbonyl (C=O) groups is 1. The standard InChI is InChI=1S/C15H24N4O/c1-2-7-17-11-13-5-3-4-9-19(13)12-6-8-18-14(10-12)15(16)20/h6,8,10,13,17H,2-5,7,9,11H2,1H3,(H2,16,20). The number of amides is 1. The zero-order chi connectivity index (χ0) is 14.4. The monoisotopic (exact) mass is 276 g/mol. The Hall–Kier alpha value is -1.62. The van der Waals surface area contributed by atoms with Crippen LogP contribution in [0.4, 0.5) is 5.69 Å². The molecule has 0 spiro atoms. The summed E-state index contributed by atoms with van der Waals surface area (Å²) in [7, 11) is 0. The number of piperidine rings is 1. The molecule has 0 bridgehead atoms. The minimum atomic E-state index is -0.468. The van der Waals surface area contributed by atoms with Gasteiger partial charge in [0.05, 0.1) is 0 Å². The van der Waals surface area contributed by atoms with Crippen LogP contribution in [0.15, 0.2) is 18.3 Å². The number of rotatable bonds is 6. The maximum atomic E-state index is 11.3. The first kappa shape index (κ1) is 14.8. The van der Waals surface area contributed by atoms with E-state index in [0.717, 1.165) is 31.7 Å². The Morgan fingerprint density at radius 1 is 1.55 bits per heavy atom. The third-order valence-electron chi connectivity index (χ3n) is 3.76. The first-order valence-electron chi connectivity index (χ1n) is 7.45.